The first-order valence-electron chi connectivity index (χ1n) is 17.9. The lowest BCUT2D eigenvalue weighted by Crippen LogP contribution is -2.50. The summed E-state index contributed by atoms with van der Waals surface area (Å²) in [5, 5.41) is 5.34. The molecule has 0 saturated heterocycles. The van der Waals surface area contributed by atoms with Gasteiger partial charge in [-0.1, -0.05) is 137 Å². The van der Waals surface area contributed by atoms with Gasteiger partial charge in [0.2, 0.25) is 18.0 Å². The summed E-state index contributed by atoms with van der Waals surface area (Å²) in [4.78, 5) is 48.4. The summed E-state index contributed by atoms with van der Waals surface area (Å²) in [7, 11) is 0. The standard InChI is InChI=1S/C44H46N4O3/c1-4-5-20-36(41(45)49)38(25-29(2)3)43(50)47-42-44(51)48(39-22-12-11-21-37(39)40(46-42)32-16-7-6-8-17-32)28-30-14-13-19-33(26-30)35-24-23-31-15-9-10-18-34(31)27-35/h6-19,21-24,26-27,29,36,38,42H,4-5,20,25,28H2,1-3H3,(H2,45,49)(H,47,50). The van der Waals surface area contributed by atoms with Crippen molar-refractivity contribution in [1.82, 2.24) is 5.32 Å². The molecule has 3 N–H and O–H groups in total. The van der Waals surface area contributed by atoms with Gasteiger partial charge in [0.05, 0.1) is 17.9 Å². The summed E-state index contributed by atoms with van der Waals surface area (Å²) in [6.07, 6.45) is 1.40. The van der Waals surface area contributed by atoms with E-state index in [0.29, 0.717) is 24.2 Å². The highest BCUT2D eigenvalue weighted by molar-refractivity contribution is 6.20. The first-order chi connectivity index (χ1) is 24.7. The molecule has 5 aromatic carbocycles. The minimum absolute atomic E-state index is 0.132. The minimum atomic E-state index is -1.22. The highest BCUT2D eigenvalue weighted by Crippen LogP contribution is 2.32. The van der Waals surface area contributed by atoms with Crippen LogP contribution in [0.3, 0.4) is 0 Å². The van der Waals surface area contributed by atoms with Crippen molar-refractivity contribution in [3.05, 3.63) is 138 Å². The smallest absolute Gasteiger partial charge is 0.272 e. The molecule has 1 aliphatic rings. The first-order valence-corrected chi connectivity index (χ1v) is 17.9. The summed E-state index contributed by atoms with van der Waals surface area (Å²) in [5.41, 5.74) is 11.9. The maximum atomic E-state index is 14.8. The van der Waals surface area contributed by atoms with Crippen LogP contribution in [0.15, 0.2) is 126 Å². The van der Waals surface area contributed by atoms with Crippen molar-refractivity contribution in [2.75, 3.05) is 4.90 Å². The zero-order chi connectivity index (χ0) is 35.9. The van der Waals surface area contributed by atoms with E-state index in [4.69, 9.17) is 10.7 Å². The number of para-hydroxylation sites is 1. The average Bonchev–Trinajstić information content (AvgIpc) is 3.25. The number of benzene rings is 5. The number of carbonyl (C=O) groups excluding carboxylic acids is 3. The van der Waals surface area contributed by atoms with Gasteiger partial charge in [-0.3, -0.25) is 14.4 Å². The number of primary amides is 1. The summed E-state index contributed by atoms with van der Waals surface area (Å²) in [6.45, 7) is 6.34. The fraction of sp³-hybridized carbons (Fsp3) is 0.273. The van der Waals surface area contributed by atoms with Gasteiger partial charge in [0.1, 0.15) is 0 Å². The molecule has 3 amide bonds. The van der Waals surface area contributed by atoms with Crippen LogP contribution in [0.4, 0.5) is 5.69 Å². The number of benzodiazepines with no additional fused rings is 1. The van der Waals surface area contributed by atoms with E-state index in [0.717, 1.165) is 46.0 Å². The summed E-state index contributed by atoms with van der Waals surface area (Å²) < 4.78 is 0. The number of nitrogens with one attached hydrogen (secondary N) is 1. The van der Waals surface area contributed by atoms with Gasteiger partial charge in [-0.2, -0.15) is 0 Å². The Morgan fingerprint density at radius 2 is 1.47 bits per heavy atom. The zero-order valence-corrected chi connectivity index (χ0v) is 29.6. The Bertz CT molecular complexity index is 2050. The number of fused-ring (bicyclic) bond motifs is 2. The third kappa shape index (κ3) is 8.09. The zero-order valence-electron chi connectivity index (χ0n) is 29.6. The van der Waals surface area contributed by atoms with Crippen molar-refractivity contribution in [1.29, 1.82) is 0 Å². The monoisotopic (exact) mass is 678 g/mol. The molecule has 260 valence electrons. The molecule has 5 aromatic rings. The van der Waals surface area contributed by atoms with Gasteiger partial charge in [-0.05, 0) is 64.4 Å². The number of nitrogens with zero attached hydrogens (tertiary/aromatic N) is 2. The Hall–Kier alpha value is -5.56. The number of aliphatic imine (C=N–C) groups is 1. The molecular weight excluding hydrogens is 633 g/mol. The number of unbranched alkanes of at least 4 members (excludes halogenated alkanes) is 1. The van der Waals surface area contributed by atoms with Crippen molar-refractivity contribution >= 4 is 39.9 Å². The number of amides is 3. The van der Waals surface area contributed by atoms with Crippen molar-refractivity contribution in [2.24, 2.45) is 28.5 Å². The van der Waals surface area contributed by atoms with E-state index in [1.54, 1.807) is 4.90 Å². The normalized spacial score (nSPS) is 15.5. The Morgan fingerprint density at radius 1 is 0.784 bits per heavy atom. The molecule has 0 radical (unpaired) electrons. The van der Waals surface area contributed by atoms with Crippen molar-refractivity contribution in [3.63, 3.8) is 0 Å². The Morgan fingerprint density at radius 3 is 2.22 bits per heavy atom. The van der Waals surface area contributed by atoms with Gasteiger partial charge in [-0.25, -0.2) is 4.99 Å². The van der Waals surface area contributed by atoms with Gasteiger partial charge in [0.25, 0.3) is 5.91 Å². The van der Waals surface area contributed by atoms with Crippen LogP contribution in [0.5, 0.6) is 0 Å². The van der Waals surface area contributed by atoms with Gasteiger partial charge in [-0.15, -0.1) is 0 Å². The van der Waals surface area contributed by atoms with E-state index in [2.05, 4.69) is 47.8 Å². The quantitative estimate of drug-likeness (QED) is 0.131. The number of rotatable bonds is 13. The Labute approximate surface area is 300 Å². The highest BCUT2D eigenvalue weighted by Gasteiger charge is 2.38. The van der Waals surface area contributed by atoms with Crippen LogP contribution in [0, 0.1) is 17.8 Å². The molecule has 0 fully saturated rings. The summed E-state index contributed by atoms with van der Waals surface area (Å²) >= 11 is 0. The maximum absolute atomic E-state index is 14.8. The van der Waals surface area contributed by atoms with E-state index in [9.17, 15) is 14.4 Å². The molecule has 7 nitrogen and oxygen atoms in total. The van der Waals surface area contributed by atoms with Crippen molar-refractivity contribution in [3.8, 4) is 11.1 Å². The number of nitrogens with two attached hydrogens (primary N) is 1. The molecule has 0 spiro atoms. The molecule has 3 unspecified atom stereocenters. The molecule has 51 heavy (non-hydrogen) atoms. The lowest BCUT2D eigenvalue weighted by atomic mass is 9.81. The van der Waals surface area contributed by atoms with Gasteiger partial charge in [0, 0.05) is 23.0 Å². The first kappa shape index (κ1) is 35.3. The van der Waals surface area contributed by atoms with Crippen LogP contribution in [-0.4, -0.2) is 29.6 Å². The molecule has 1 aliphatic heterocycles. The molecule has 3 atom stereocenters. The highest BCUT2D eigenvalue weighted by atomic mass is 16.2. The van der Waals surface area contributed by atoms with Crippen LogP contribution in [0.2, 0.25) is 0 Å². The van der Waals surface area contributed by atoms with E-state index < -0.39 is 23.9 Å². The second kappa shape index (κ2) is 16.0. The van der Waals surface area contributed by atoms with E-state index >= 15 is 0 Å². The number of carbonyl (C=O) groups is 3. The number of hydrogen-bond acceptors (Lipinski definition) is 4. The second-order valence-electron chi connectivity index (χ2n) is 13.8. The van der Waals surface area contributed by atoms with Crippen LogP contribution < -0.4 is 16.0 Å². The lowest BCUT2D eigenvalue weighted by molar-refractivity contribution is -0.136. The van der Waals surface area contributed by atoms with Gasteiger partial charge < -0.3 is 16.0 Å². The molecule has 0 aliphatic carbocycles. The molecule has 7 heteroatoms. The van der Waals surface area contributed by atoms with Gasteiger partial charge >= 0.3 is 0 Å². The fourth-order valence-electron chi connectivity index (χ4n) is 7.08. The predicted molar refractivity (Wildman–Crippen MR) is 206 cm³/mol. The molecular formula is C44H46N4O3. The lowest BCUT2D eigenvalue weighted by Gasteiger charge is -2.29. The van der Waals surface area contributed by atoms with E-state index in [-0.39, 0.29) is 24.3 Å². The van der Waals surface area contributed by atoms with Crippen molar-refractivity contribution < 1.29 is 14.4 Å². The third-order valence-corrected chi connectivity index (χ3v) is 9.67. The molecule has 6 rings (SSSR count). The average molecular weight is 679 g/mol. The van der Waals surface area contributed by atoms with Crippen LogP contribution >= 0.6 is 0 Å². The number of anilines is 1. The van der Waals surface area contributed by atoms with Crippen molar-refractivity contribution in [2.45, 2.75) is 59.2 Å². The molecule has 0 saturated carbocycles. The second-order valence-corrected chi connectivity index (χ2v) is 13.8. The van der Waals surface area contributed by atoms with Crippen LogP contribution in [0.1, 0.15) is 63.1 Å². The van der Waals surface area contributed by atoms with Gasteiger partial charge in [0.15, 0.2) is 0 Å². The maximum Gasteiger partial charge on any atom is 0.272 e. The largest absolute Gasteiger partial charge is 0.369 e. The van der Waals surface area contributed by atoms with E-state index in [1.807, 2.05) is 99.6 Å². The topological polar surface area (TPSA) is 105 Å². The third-order valence-electron chi connectivity index (χ3n) is 9.67. The Balaban J connectivity index is 1.39. The minimum Gasteiger partial charge on any atom is -0.369 e. The molecule has 0 aromatic heterocycles. The SMILES string of the molecule is CCCCC(C(N)=O)C(CC(C)C)C(=O)NC1N=C(c2ccccc2)c2ccccc2N(Cc2cccc(-c3ccc4ccccc4c3)c2)C1=O. The van der Waals surface area contributed by atoms with E-state index in [1.165, 1.54) is 5.39 Å². The van der Waals surface area contributed by atoms with Crippen LogP contribution in [0.25, 0.3) is 21.9 Å². The molecule has 1 heterocycles. The van der Waals surface area contributed by atoms with Crippen LogP contribution in [-0.2, 0) is 20.9 Å². The summed E-state index contributed by atoms with van der Waals surface area (Å²) in [6, 6.07) is 40.4. The fourth-order valence-corrected chi connectivity index (χ4v) is 7.08. The Kier molecular flexibility index (Phi) is 11.1. The number of hydrogen-bond donors (Lipinski definition) is 2. The predicted octanol–water partition coefficient (Wildman–Crippen LogP) is 8.29. The molecule has 0 bridgehead atoms. The summed E-state index contributed by atoms with van der Waals surface area (Å²) in [5.74, 6) is -2.43.